The average molecular weight is 316 g/mol. The Morgan fingerprint density at radius 1 is 1.41 bits per heavy atom. The van der Waals surface area contributed by atoms with Crippen LogP contribution in [-0.2, 0) is 13.1 Å². The second-order valence-corrected chi connectivity index (χ2v) is 4.90. The normalized spacial score (nSPS) is 10.7. The fourth-order valence-electron chi connectivity index (χ4n) is 1.43. The van der Waals surface area contributed by atoms with Gasteiger partial charge in [-0.05, 0) is 17.7 Å². The van der Waals surface area contributed by atoms with Crippen LogP contribution in [-0.4, -0.2) is 21.5 Å². The van der Waals surface area contributed by atoms with Gasteiger partial charge in [-0.3, -0.25) is 4.68 Å². The van der Waals surface area contributed by atoms with Gasteiger partial charge >= 0.3 is 0 Å². The SMILES string of the molecule is Clc1cc(Br)ccc1CNCCn1ccnn1. The van der Waals surface area contributed by atoms with E-state index in [1.165, 1.54) is 0 Å². The summed E-state index contributed by atoms with van der Waals surface area (Å²) >= 11 is 9.49. The maximum atomic E-state index is 6.11. The van der Waals surface area contributed by atoms with Gasteiger partial charge in [0.05, 0.1) is 12.7 Å². The van der Waals surface area contributed by atoms with Crippen molar-refractivity contribution < 1.29 is 0 Å². The Morgan fingerprint density at radius 3 is 3.00 bits per heavy atom. The Balaban J connectivity index is 1.78. The second kappa shape index (κ2) is 6.14. The zero-order valence-corrected chi connectivity index (χ0v) is 11.4. The van der Waals surface area contributed by atoms with Crippen LogP contribution < -0.4 is 5.32 Å². The Labute approximate surface area is 113 Å². The number of rotatable bonds is 5. The minimum atomic E-state index is 0.751. The first-order valence-corrected chi connectivity index (χ1v) is 6.41. The topological polar surface area (TPSA) is 42.7 Å². The zero-order valence-electron chi connectivity index (χ0n) is 9.11. The van der Waals surface area contributed by atoms with Crippen LogP contribution in [0, 0.1) is 0 Å². The van der Waals surface area contributed by atoms with Crippen LogP contribution in [0.3, 0.4) is 0 Å². The first-order chi connectivity index (χ1) is 8.25. The van der Waals surface area contributed by atoms with Gasteiger partial charge in [-0.15, -0.1) is 5.10 Å². The molecule has 0 saturated heterocycles. The highest BCUT2D eigenvalue weighted by atomic mass is 79.9. The molecule has 0 amide bonds. The van der Waals surface area contributed by atoms with E-state index in [1.54, 1.807) is 10.9 Å². The predicted octanol–water partition coefficient (Wildman–Crippen LogP) is 2.48. The van der Waals surface area contributed by atoms with Gasteiger partial charge in [-0.1, -0.05) is 38.8 Å². The molecule has 90 valence electrons. The molecule has 1 aromatic heterocycles. The maximum absolute atomic E-state index is 6.11. The third-order valence-electron chi connectivity index (χ3n) is 2.32. The van der Waals surface area contributed by atoms with E-state index in [0.717, 1.165) is 34.7 Å². The molecule has 1 N–H and O–H groups in total. The molecule has 0 bridgehead atoms. The number of benzene rings is 1. The summed E-state index contributed by atoms with van der Waals surface area (Å²) in [6, 6.07) is 5.89. The van der Waals surface area contributed by atoms with Crippen molar-refractivity contribution in [3.63, 3.8) is 0 Å². The smallest absolute Gasteiger partial charge is 0.0692 e. The van der Waals surface area contributed by atoms with E-state index >= 15 is 0 Å². The summed E-state index contributed by atoms with van der Waals surface area (Å²) < 4.78 is 2.78. The van der Waals surface area contributed by atoms with Crippen molar-refractivity contribution in [3.8, 4) is 0 Å². The lowest BCUT2D eigenvalue weighted by atomic mass is 10.2. The molecule has 1 aromatic carbocycles. The lowest BCUT2D eigenvalue weighted by Crippen LogP contribution is -2.20. The molecule has 2 aromatic rings. The molecule has 0 aliphatic rings. The summed E-state index contributed by atoms with van der Waals surface area (Å²) in [5.74, 6) is 0. The number of nitrogens with zero attached hydrogens (tertiary/aromatic N) is 3. The van der Waals surface area contributed by atoms with Crippen molar-refractivity contribution in [1.82, 2.24) is 20.3 Å². The van der Waals surface area contributed by atoms with Crippen molar-refractivity contribution in [3.05, 3.63) is 45.7 Å². The van der Waals surface area contributed by atoms with Gasteiger partial charge in [0.15, 0.2) is 0 Å². The van der Waals surface area contributed by atoms with Gasteiger partial charge in [0.2, 0.25) is 0 Å². The van der Waals surface area contributed by atoms with Crippen molar-refractivity contribution in [2.75, 3.05) is 6.54 Å². The highest BCUT2D eigenvalue weighted by Gasteiger charge is 2.00. The minimum Gasteiger partial charge on any atom is -0.311 e. The number of aromatic nitrogens is 3. The van der Waals surface area contributed by atoms with Gasteiger partial charge in [0.25, 0.3) is 0 Å². The maximum Gasteiger partial charge on any atom is 0.0692 e. The lowest BCUT2D eigenvalue weighted by Gasteiger charge is -2.07. The first kappa shape index (κ1) is 12.5. The Hall–Kier alpha value is -0.910. The van der Waals surface area contributed by atoms with Crippen LogP contribution >= 0.6 is 27.5 Å². The van der Waals surface area contributed by atoms with Crippen molar-refractivity contribution in [1.29, 1.82) is 0 Å². The summed E-state index contributed by atoms with van der Waals surface area (Å²) in [4.78, 5) is 0. The number of hydrogen-bond acceptors (Lipinski definition) is 3. The van der Waals surface area contributed by atoms with Crippen LogP contribution in [0.1, 0.15) is 5.56 Å². The van der Waals surface area contributed by atoms with E-state index < -0.39 is 0 Å². The van der Waals surface area contributed by atoms with Gasteiger partial charge in [0, 0.05) is 28.8 Å². The zero-order chi connectivity index (χ0) is 12.1. The van der Waals surface area contributed by atoms with E-state index in [-0.39, 0.29) is 0 Å². The molecule has 0 aliphatic carbocycles. The Bertz CT molecular complexity index is 472. The van der Waals surface area contributed by atoms with Crippen molar-refractivity contribution in [2.24, 2.45) is 0 Å². The molecule has 17 heavy (non-hydrogen) atoms. The fourth-order valence-corrected chi connectivity index (χ4v) is 2.17. The highest BCUT2D eigenvalue weighted by molar-refractivity contribution is 9.10. The average Bonchev–Trinajstić information content (AvgIpc) is 2.79. The standard InChI is InChI=1S/C11H12BrClN4/c12-10-2-1-9(11(13)7-10)8-14-3-5-17-6-4-15-16-17/h1-2,4,6-7,14H,3,5,8H2. The van der Waals surface area contributed by atoms with Crippen LogP contribution in [0.2, 0.25) is 5.02 Å². The van der Waals surface area contributed by atoms with E-state index in [2.05, 4.69) is 31.6 Å². The molecule has 0 unspecified atom stereocenters. The molecule has 0 aliphatic heterocycles. The quantitative estimate of drug-likeness (QED) is 0.862. The fraction of sp³-hybridized carbons (Fsp3) is 0.273. The molecule has 0 fully saturated rings. The molecular weight excluding hydrogens is 304 g/mol. The predicted molar refractivity (Wildman–Crippen MR) is 70.9 cm³/mol. The highest BCUT2D eigenvalue weighted by Crippen LogP contribution is 2.20. The largest absolute Gasteiger partial charge is 0.311 e. The monoisotopic (exact) mass is 314 g/mol. The molecule has 6 heteroatoms. The number of hydrogen-bond donors (Lipinski definition) is 1. The third-order valence-corrected chi connectivity index (χ3v) is 3.17. The van der Waals surface area contributed by atoms with Crippen LogP contribution in [0.15, 0.2) is 35.1 Å². The van der Waals surface area contributed by atoms with Crippen LogP contribution in [0.25, 0.3) is 0 Å². The molecule has 0 atom stereocenters. The molecule has 1 heterocycles. The molecule has 0 saturated carbocycles. The second-order valence-electron chi connectivity index (χ2n) is 3.58. The van der Waals surface area contributed by atoms with E-state index in [0.29, 0.717) is 0 Å². The molecule has 0 radical (unpaired) electrons. The third kappa shape index (κ3) is 3.80. The molecule has 2 rings (SSSR count). The van der Waals surface area contributed by atoms with E-state index in [4.69, 9.17) is 11.6 Å². The van der Waals surface area contributed by atoms with Gasteiger partial charge in [-0.25, -0.2) is 0 Å². The Kier molecular flexibility index (Phi) is 4.53. The van der Waals surface area contributed by atoms with Crippen molar-refractivity contribution >= 4 is 27.5 Å². The van der Waals surface area contributed by atoms with Gasteiger partial charge in [-0.2, -0.15) is 0 Å². The minimum absolute atomic E-state index is 0.751. The summed E-state index contributed by atoms with van der Waals surface area (Å²) in [6.45, 7) is 2.38. The summed E-state index contributed by atoms with van der Waals surface area (Å²) in [5.41, 5.74) is 1.09. The van der Waals surface area contributed by atoms with Gasteiger partial charge in [0.1, 0.15) is 0 Å². The number of halogens is 2. The Morgan fingerprint density at radius 2 is 2.29 bits per heavy atom. The lowest BCUT2D eigenvalue weighted by molar-refractivity contribution is 0.540. The number of nitrogens with one attached hydrogen (secondary N) is 1. The summed E-state index contributed by atoms with van der Waals surface area (Å²) in [5, 5.41) is 11.7. The van der Waals surface area contributed by atoms with Gasteiger partial charge < -0.3 is 5.32 Å². The van der Waals surface area contributed by atoms with Crippen LogP contribution in [0.5, 0.6) is 0 Å². The molecule has 4 nitrogen and oxygen atoms in total. The van der Waals surface area contributed by atoms with E-state index in [9.17, 15) is 0 Å². The summed E-state index contributed by atoms with van der Waals surface area (Å²) in [6.07, 6.45) is 3.51. The molecular formula is C11H12BrClN4. The molecule has 0 spiro atoms. The van der Waals surface area contributed by atoms with Crippen LogP contribution in [0.4, 0.5) is 0 Å². The summed E-state index contributed by atoms with van der Waals surface area (Å²) in [7, 11) is 0. The van der Waals surface area contributed by atoms with Crippen molar-refractivity contribution in [2.45, 2.75) is 13.1 Å². The first-order valence-electron chi connectivity index (χ1n) is 5.24. The van der Waals surface area contributed by atoms with E-state index in [1.807, 2.05) is 24.4 Å².